The standard InChI is InChI=1S/C26H46S5/c1-6-11-16-27-22-21-23(28-17-12-7-2)25(30-19-14-9-4)26(31-20-15-10-5)24(22)29-18-13-8-3/h21H,6-20H2,1-5H3. The average molecular weight is 519 g/mol. The second-order valence-electron chi connectivity index (χ2n) is 7.87. The van der Waals surface area contributed by atoms with Gasteiger partial charge >= 0.3 is 0 Å². The second kappa shape index (κ2) is 20.4. The summed E-state index contributed by atoms with van der Waals surface area (Å²) in [6, 6.07) is 2.58. The van der Waals surface area contributed by atoms with Crippen molar-refractivity contribution < 1.29 is 0 Å². The number of thioether (sulfide) groups is 5. The molecule has 1 rings (SSSR count). The van der Waals surface area contributed by atoms with Crippen molar-refractivity contribution in [1.82, 2.24) is 0 Å². The van der Waals surface area contributed by atoms with Gasteiger partial charge in [0, 0.05) is 24.5 Å². The molecule has 0 saturated carbocycles. The number of hydrogen-bond acceptors (Lipinski definition) is 5. The third kappa shape index (κ3) is 12.3. The summed E-state index contributed by atoms with van der Waals surface area (Å²) in [6.07, 6.45) is 13.0. The van der Waals surface area contributed by atoms with Crippen LogP contribution in [-0.4, -0.2) is 28.8 Å². The largest absolute Gasteiger partial charge is 0.125 e. The smallest absolute Gasteiger partial charge is 0.0367 e. The van der Waals surface area contributed by atoms with Crippen molar-refractivity contribution in [3.05, 3.63) is 6.07 Å². The Morgan fingerprint density at radius 2 is 0.710 bits per heavy atom. The highest BCUT2D eigenvalue weighted by molar-refractivity contribution is 8.05. The summed E-state index contributed by atoms with van der Waals surface area (Å²) >= 11 is 10.7. The normalized spacial score (nSPS) is 11.4. The summed E-state index contributed by atoms with van der Waals surface area (Å²) in [7, 11) is 0. The topological polar surface area (TPSA) is 0 Å². The van der Waals surface area contributed by atoms with Crippen molar-refractivity contribution in [3.63, 3.8) is 0 Å². The summed E-state index contributed by atoms with van der Waals surface area (Å²) in [6.45, 7) is 11.6. The summed E-state index contributed by atoms with van der Waals surface area (Å²) < 4.78 is 0. The summed E-state index contributed by atoms with van der Waals surface area (Å²) in [5.41, 5.74) is 0. The van der Waals surface area contributed by atoms with Crippen molar-refractivity contribution >= 4 is 58.8 Å². The van der Waals surface area contributed by atoms with Crippen LogP contribution < -0.4 is 0 Å². The quantitative estimate of drug-likeness (QED) is 0.124. The van der Waals surface area contributed by atoms with Crippen molar-refractivity contribution in [3.8, 4) is 0 Å². The minimum absolute atomic E-state index is 1.25. The Labute approximate surface area is 215 Å². The highest BCUT2D eigenvalue weighted by Crippen LogP contribution is 2.49. The molecule has 0 aromatic heterocycles. The Morgan fingerprint density at radius 1 is 0.419 bits per heavy atom. The van der Waals surface area contributed by atoms with Crippen molar-refractivity contribution in [2.45, 2.75) is 123 Å². The number of rotatable bonds is 20. The fourth-order valence-corrected chi connectivity index (χ4v) is 9.92. The molecule has 0 saturated heterocycles. The first-order valence-corrected chi connectivity index (χ1v) is 17.5. The first-order chi connectivity index (χ1) is 15.2. The van der Waals surface area contributed by atoms with Gasteiger partial charge < -0.3 is 0 Å². The van der Waals surface area contributed by atoms with Gasteiger partial charge in [-0.1, -0.05) is 66.7 Å². The van der Waals surface area contributed by atoms with E-state index in [1.807, 2.05) is 0 Å². The van der Waals surface area contributed by atoms with Gasteiger partial charge in [-0.25, -0.2) is 0 Å². The Balaban J connectivity index is 3.37. The van der Waals surface area contributed by atoms with Crippen LogP contribution in [0.3, 0.4) is 0 Å². The van der Waals surface area contributed by atoms with Crippen LogP contribution in [0.25, 0.3) is 0 Å². The van der Waals surface area contributed by atoms with E-state index >= 15 is 0 Å². The fraction of sp³-hybridized carbons (Fsp3) is 0.769. The molecule has 0 aliphatic heterocycles. The minimum Gasteiger partial charge on any atom is -0.125 e. The first-order valence-electron chi connectivity index (χ1n) is 12.6. The van der Waals surface area contributed by atoms with Gasteiger partial charge in [0.1, 0.15) is 0 Å². The number of hydrogen-bond donors (Lipinski definition) is 0. The molecule has 0 atom stereocenters. The Hall–Kier alpha value is 0.970. The van der Waals surface area contributed by atoms with Gasteiger partial charge in [0.15, 0.2) is 0 Å². The summed E-state index contributed by atoms with van der Waals surface area (Å²) in [4.78, 5) is 7.96. The molecule has 0 amide bonds. The van der Waals surface area contributed by atoms with E-state index in [9.17, 15) is 0 Å². The predicted octanol–water partition coefficient (Wildman–Crippen LogP) is 11.1. The first kappa shape index (κ1) is 30.0. The molecule has 0 nitrogen and oxygen atoms in total. The Bertz CT molecular complexity index is 531. The molecule has 0 aliphatic carbocycles. The molecule has 1 aromatic rings. The van der Waals surface area contributed by atoms with Crippen LogP contribution in [0, 0.1) is 0 Å². The molecule has 0 fully saturated rings. The maximum Gasteiger partial charge on any atom is 0.0367 e. The van der Waals surface area contributed by atoms with Crippen LogP contribution in [0.4, 0.5) is 0 Å². The molecule has 0 unspecified atom stereocenters. The van der Waals surface area contributed by atoms with Gasteiger partial charge in [0.2, 0.25) is 0 Å². The Kier molecular flexibility index (Phi) is 19.7. The monoisotopic (exact) mass is 518 g/mol. The van der Waals surface area contributed by atoms with E-state index < -0.39 is 0 Å². The van der Waals surface area contributed by atoms with Gasteiger partial charge in [-0.3, -0.25) is 0 Å². The molecule has 0 spiro atoms. The molecule has 0 bridgehead atoms. The summed E-state index contributed by atoms with van der Waals surface area (Å²) in [5.74, 6) is 6.25. The van der Waals surface area contributed by atoms with Crippen LogP contribution >= 0.6 is 58.8 Å². The van der Waals surface area contributed by atoms with Crippen molar-refractivity contribution in [2.75, 3.05) is 28.8 Å². The van der Waals surface area contributed by atoms with Crippen LogP contribution in [0.15, 0.2) is 30.5 Å². The van der Waals surface area contributed by atoms with Gasteiger partial charge in [-0.2, -0.15) is 0 Å². The van der Waals surface area contributed by atoms with Gasteiger partial charge in [0.05, 0.1) is 0 Å². The van der Waals surface area contributed by atoms with E-state index in [-0.39, 0.29) is 0 Å². The highest BCUT2D eigenvalue weighted by Gasteiger charge is 2.20. The highest BCUT2D eigenvalue weighted by atomic mass is 32.2. The summed E-state index contributed by atoms with van der Waals surface area (Å²) in [5, 5.41) is 0. The molecule has 180 valence electrons. The zero-order valence-corrected chi connectivity index (χ0v) is 24.8. The molecule has 5 heteroatoms. The molecule has 1 aromatic carbocycles. The van der Waals surface area contributed by atoms with E-state index in [1.165, 1.54) is 93.0 Å². The van der Waals surface area contributed by atoms with E-state index in [0.717, 1.165) is 0 Å². The average Bonchev–Trinajstić information content (AvgIpc) is 2.77. The third-order valence-corrected chi connectivity index (χ3v) is 11.2. The molecule has 0 heterocycles. The van der Waals surface area contributed by atoms with Crippen LogP contribution in [-0.2, 0) is 0 Å². The lowest BCUT2D eigenvalue weighted by molar-refractivity contribution is 0.873. The molecular formula is C26H46S5. The number of benzene rings is 1. The zero-order chi connectivity index (χ0) is 22.7. The molecule has 31 heavy (non-hydrogen) atoms. The van der Waals surface area contributed by atoms with E-state index in [0.29, 0.717) is 0 Å². The van der Waals surface area contributed by atoms with Gasteiger partial charge in [-0.05, 0) is 66.9 Å². The van der Waals surface area contributed by atoms with Crippen molar-refractivity contribution in [1.29, 1.82) is 0 Å². The second-order valence-corrected chi connectivity index (χ2v) is 13.5. The van der Waals surface area contributed by atoms with E-state index in [1.54, 1.807) is 24.5 Å². The number of unbranched alkanes of at least 4 members (excludes halogenated alkanes) is 5. The lowest BCUT2D eigenvalue weighted by atomic mass is 10.3. The fourth-order valence-electron chi connectivity index (χ4n) is 2.80. The lowest BCUT2D eigenvalue weighted by Gasteiger charge is -2.21. The van der Waals surface area contributed by atoms with Gasteiger partial charge in [-0.15, -0.1) is 58.8 Å². The van der Waals surface area contributed by atoms with Crippen LogP contribution in [0.5, 0.6) is 0 Å². The van der Waals surface area contributed by atoms with Crippen molar-refractivity contribution in [2.24, 2.45) is 0 Å². The van der Waals surface area contributed by atoms with Gasteiger partial charge in [0.25, 0.3) is 0 Å². The maximum absolute atomic E-state index is 2.58. The maximum atomic E-state index is 2.58. The molecule has 0 aliphatic rings. The van der Waals surface area contributed by atoms with E-state index in [4.69, 9.17) is 0 Å². The third-order valence-electron chi connectivity index (χ3n) is 4.87. The van der Waals surface area contributed by atoms with Crippen LogP contribution in [0.2, 0.25) is 0 Å². The SMILES string of the molecule is CCCCSc1cc(SCCCC)c(SCCCC)c(SCCCC)c1SCCCC. The Morgan fingerprint density at radius 3 is 1.03 bits per heavy atom. The lowest BCUT2D eigenvalue weighted by Crippen LogP contribution is -1.96. The molecular weight excluding hydrogens is 473 g/mol. The van der Waals surface area contributed by atoms with Crippen LogP contribution in [0.1, 0.15) is 98.8 Å². The molecule has 0 radical (unpaired) electrons. The zero-order valence-electron chi connectivity index (χ0n) is 20.7. The minimum atomic E-state index is 1.25. The molecule has 0 N–H and O–H groups in total. The van der Waals surface area contributed by atoms with E-state index in [2.05, 4.69) is 99.5 Å². The predicted molar refractivity (Wildman–Crippen MR) is 155 cm³/mol.